The van der Waals surface area contributed by atoms with E-state index in [1.165, 1.54) is 6.07 Å². The fraction of sp³-hybridized carbons (Fsp3) is 0.154. The van der Waals surface area contributed by atoms with Gasteiger partial charge in [0.05, 0.1) is 6.20 Å². The third-order valence-corrected chi connectivity index (χ3v) is 2.42. The van der Waals surface area contributed by atoms with E-state index in [2.05, 4.69) is 10.4 Å². The first-order valence-electron chi connectivity index (χ1n) is 5.52. The van der Waals surface area contributed by atoms with Crippen molar-refractivity contribution >= 4 is 5.90 Å². The number of benzene rings is 1. The maximum atomic E-state index is 13.4. The molecule has 0 saturated carbocycles. The highest BCUT2D eigenvalue weighted by atomic mass is 19.1. The number of halogens is 1. The Morgan fingerprint density at radius 2 is 2.17 bits per heavy atom. The van der Waals surface area contributed by atoms with Crippen molar-refractivity contribution in [2.75, 3.05) is 0 Å². The van der Waals surface area contributed by atoms with Gasteiger partial charge in [0.15, 0.2) is 11.6 Å². The lowest BCUT2D eigenvalue weighted by atomic mass is 10.2. The average Bonchev–Trinajstić information content (AvgIpc) is 2.53. The summed E-state index contributed by atoms with van der Waals surface area (Å²) in [5, 5.41) is 0. The number of nitrogens with zero attached hydrogens (tertiary/aromatic N) is 1. The van der Waals surface area contributed by atoms with Crippen molar-refractivity contribution in [1.29, 1.82) is 0 Å². The molecule has 1 heterocycles. The molecule has 0 aliphatic carbocycles. The van der Waals surface area contributed by atoms with Gasteiger partial charge in [0.1, 0.15) is 0 Å². The van der Waals surface area contributed by atoms with E-state index in [1.807, 2.05) is 6.92 Å². The van der Waals surface area contributed by atoms with Crippen molar-refractivity contribution in [3.05, 3.63) is 53.6 Å². The number of hydrogen-bond donors (Lipinski definition) is 2. The summed E-state index contributed by atoms with van der Waals surface area (Å²) >= 11 is 0. The van der Waals surface area contributed by atoms with E-state index in [9.17, 15) is 4.39 Å². The molecule has 1 aliphatic rings. The number of para-hydroxylation sites is 1. The standard InChI is InChI=1S/C13H14FN3O/c1-9-6-10(17-15)8-16-13(7-9)18-12-5-3-2-4-11(12)14/h2-5,7-8,17H,6,15H2,1H3. The second kappa shape index (κ2) is 5.46. The summed E-state index contributed by atoms with van der Waals surface area (Å²) in [6, 6.07) is 6.20. The third-order valence-electron chi connectivity index (χ3n) is 2.42. The number of aliphatic imine (C=N–C) groups is 1. The quantitative estimate of drug-likeness (QED) is 0.622. The van der Waals surface area contributed by atoms with Gasteiger partial charge < -0.3 is 10.2 Å². The van der Waals surface area contributed by atoms with Crippen LogP contribution in [0.15, 0.2) is 52.8 Å². The van der Waals surface area contributed by atoms with E-state index in [0.717, 1.165) is 11.3 Å². The molecule has 0 amide bonds. The van der Waals surface area contributed by atoms with Crippen LogP contribution >= 0.6 is 0 Å². The van der Waals surface area contributed by atoms with Crippen LogP contribution in [0.4, 0.5) is 4.39 Å². The van der Waals surface area contributed by atoms with Gasteiger partial charge in [-0.15, -0.1) is 0 Å². The number of hydrogen-bond acceptors (Lipinski definition) is 4. The molecule has 5 heteroatoms. The maximum absolute atomic E-state index is 13.4. The largest absolute Gasteiger partial charge is 0.436 e. The highest BCUT2D eigenvalue weighted by Gasteiger charge is 2.08. The fourth-order valence-electron chi connectivity index (χ4n) is 1.57. The van der Waals surface area contributed by atoms with E-state index in [1.54, 1.807) is 30.5 Å². The summed E-state index contributed by atoms with van der Waals surface area (Å²) in [4.78, 5) is 4.11. The van der Waals surface area contributed by atoms with Crippen molar-refractivity contribution in [2.24, 2.45) is 10.8 Å². The minimum absolute atomic E-state index is 0.151. The van der Waals surface area contributed by atoms with Gasteiger partial charge in [0.2, 0.25) is 5.90 Å². The predicted molar refractivity (Wildman–Crippen MR) is 68.2 cm³/mol. The smallest absolute Gasteiger partial charge is 0.219 e. The highest BCUT2D eigenvalue weighted by Crippen LogP contribution is 2.18. The zero-order valence-electron chi connectivity index (χ0n) is 9.98. The molecular formula is C13H14FN3O. The van der Waals surface area contributed by atoms with Gasteiger partial charge in [-0.05, 0) is 25.1 Å². The van der Waals surface area contributed by atoms with Crippen LogP contribution in [0, 0.1) is 5.82 Å². The number of allylic oxidation sites excluding steroid dienone is 1. The van der Waals surface area contributed by atoms with Crippen molar-refractivity contribution in [1.82, 2.24) is 5.43 Å². The normalized spacial score (nSPS) is 15.2. The Balaban J connectivity index is 2.24. The molecule has 2 rings (SSSR count). The summed E-state index contributed by atoms with van der Waals surface area (Å²) in [6.45, 7) is 1.93. The molecular weight excluding hydrogens is 233 g/mol. The van der Waals surface area contributed by atoms with Crippen molar-refractivity contribution in [2.45, 2.75) is 13.3 Å². The van der Waals surface area contributed by atoms with Gasteiger partial charge in [-0.2, -0.15) is 0 Å². The minimum Gasteiger partial charge on any atom is -0.436 e. The SMILES string of the molecule is CC1=CC(Oc2ccccc2F)=NC=C(NN)C1. The number of nitrogens with two attached hydrogens (primary N) is 1. The second-order valence-corrected chi connectivity index (χ2v) is 3.97. The number of hydrazine groups is 1. The summed E-state index contributed by atoms with van der Waals surface area (Å²) in [6.07, 6.45) is 3.99. The molecule has 0 radical (unpaired) electrons. The average molecular weight is 247 g/mol. The molecule has 3 N–H and O–H groups in total. The Morgan fingerprint density at radius 1 is 1.39 bits per heavy atom. The lowest BCUT2D eigenvalue weighted by molar-refractivity contribution is 0.494. The lowest BCUT2D eigenvalue weighted by Crippen LogP contribution is -2.20. The molecule has 0 fully saturated rings. The van der Waals surface area contributed by atoms with Gasteiger partial charge in [0, 0.05) is 12.1 Å². The van der Waals surface area contributed by atoms with Crippen LogP contribution in [0.5, 0.6) is 5.75 Å². The monoisotopic (exact) mass is 247 g/mol. The molecule has 0 spiro atoms. The molecule has 1 aliphatic heterocycles. The number of nitrogens with one attached hydrogen (secondary N) is 1. The molecule has 18 heavy (non-hydrogen) atoms. The summed E-state index contributed by atoms with van der Waals surface area (Å²) < 4.78 is 18.9. The zero-order chi connectivity index (χ0) is 13.0. The van der Waals surface area contributed by atoms with Gasteiger partial charge in [0.25, 0.3) is 0 Å². The Bertz CT molecular complexity index is 535. The van der Waals surface area contributed by atoms with Gasteiger partial charge in [-0.3, -0.25) is 5.84 Å². The first-order valence-corrected chi connectivity index (χ1v) is 5.52. The Morgan fingerprint density at radius 3 is 2.89 bits per heavy atom. The predicted octanol–water partition coefficient (Wildman–Crippen LogP) is 2.26. The molecule has 0 bridgehead atoms. The highest BCUT2D eigenvalue weighted by molar-refractivity contribution is 5.91. The number of rotatable bonds is 2. The zero-order valence-corrected chi connectivity index (χ0v) is 9.98. The summed E-state index contributed by atoms with van der Waals surface area (Å²) in [7, 11) is 0. The minimum atomic E-state index is -0.420. The van der Waals surface area contributed by atoms with E-state index >= 15 is 0 Å². The van der Waals surface area contributed by atoms with Crippen LogP contribution in [-0.2, 0) is 0 Å². The van der Waals surface area contributed by atoms with Crippen LogP contribution in [-0.4, -0.2) is 5.90 Å². The van der Waals surface area contributed by atoms with E-state index in [4.69, 9.17) is 10.6 Å². The van der Waals surface area contributed by atoms with Gasteiger partial charge >= 0.3 is 0 Å². The van der Waals surface area contributed by atoms with E-state index in [0.29, 0.717) is 12.3 Å². The molecule has 0 unspecified atom stereocenters. The molecule has 0 atom stereocenters. The van der Waals surface area contributed by atoms with E-state index in [-0.39, 0.29) is 5.75 Å². The Labute approximate surface area is 105 Å². The number of ether oxygens (including phenoxy) is 1. The second-order valence-electron chi connectivity index (χ2n) is 3.97. The van der Waals surface area contributed by atoms with Crippen LogP contribution in [0.1, 0.15) is 13.3 Å². The van der Waals surface area contributed by atoms with Crippen LogP contribution in [0.25, 0.3) is 0 Å². The first-order chi connectivity index (χ1) is 8.69. The molecule has 0 aromatic heterocycles. The van der Waals surface area contributed by atoms with Gasteiger partial charge in [-0.1, -0.05) is 17.7 Å². The molecule has 0 saturated heterocycles. The fourth-order valence-corrected chi connectivity index (χ4v) is 1.57. The lowest BCUT2D eigenvalue weighted by Gasteiger charge is -2.05. The Kier molecular flexibility index (Phi) is 3.74. The third kappa shape index (κ3) is 2.95. The Hall–Kier alpha value is -2.14. The summed E-state index contributed by atoms with van der Waals surface area (Å²) in [5.41, 5.74) is 4.35. The van der Waals surface area contributed by atoms with Crippen LogP contribution in [0.3, 0.4) is 0 Å². The van der Waals surface area contributed by atoms with Crippen LogP contribution < -0.4 is 16.0 Å². The maximum Gasteiger partial charge on any atom is 0.219 e. The molecule has 4 nitrogen and oxygen atoms in total. The van der Waals surface area contributed by atoms with Crippen molar-refractivity contribution < 1.29 is 9.13 Å². The summed E-state index contributed by atoms with van der Waals surface area (Å²) in [5.74, 6) is 5.41. The topological polar surface area (TPSA) is 59.6 Å². The van der Waals surface area contributed by atoms with Crippen molar-refractivity contribution in [3.63, 3.8) is 0 Å². The van der Waals surface area contributed by atoms with Crippen LogP contribution in [0.2, 0.25) is 0 Å². The van der Waals surface area contributed by atoms with E-state index < -0.39 is 5.82 Å². The van der Waals surface area contributed by atoms with Crippen molar-refractivity contribution in [3.8, 4) is 5.75 Å². The molecule has 94 valence electrons. The molecule has 1 aromatic rings. The first kappa shape index (κ1) is 12.3. The molecule has 1 aromatic carbocycles. The van der Waals surface area contributed by atoms with Gasteiger partial charge in [-0.25, -0.2) is 9.38 Å².